The van der Waals surface area contributed by atoms with E-state index in [-0.39, 0.29) is 17.7 Å². The Kier molecular flexibility index (Phi) is 4.21. The summed E-state index contributed by atoms with van der Waals surface area (Å²) in [6, 6.07) is 13.6. The van der Waals surface area contributed by atoms with E-state index in [2.05, 4.69) is 25.6 Å². The van der Waals surface area contributed by atoms with Crippen molar-refractivity contribution in [2.75, 3.05) is 5.32 Å². The second-order valence-corrected chi connectivity index (χ2v) is 5.97. The zero-order valence-corrected chi connectivity index (χ0v) is 14.3. The van der Waals surface area contributed by atoms with Crippen molar-refractivity contribution >= 4 is 11.9 Å². The second-order valence-electron chi connectivity index (χ2n) is 5.97. The van der Waals surface area contributed by atoms with Crippen LogP contribution in [0.1, 0.15) is 15.9 Å². The Morgan fingerprint density at radius 2 is 2.00 bits per heavy atom. The molecular weight excluding hydrogens is 347 g/mol. The molecule has 27 heavy (non-hydrogen) atoms. The van der Waals surface area contributed by atoms with Crippen LogP contribution in [0.4, 0.5) is 10.3 Å². The van der Waals surface area contributed by atoms with Crippen LogP contribution in [0, 0.1) is 12.7 Å². The van der Waals surface area contributed by atoms with Crippen molar-refractivity contribution < 1.29 is 9.18 Å². The fraction of sp³-hybridized carbons (Fsp3) is 0.0526. The van der Waals surface area contributed by atoms with Gasteiger partial charge < -0.3 is 0 Å². The smallest absolute Gasteiger partial charge is 0.261 e. The average molecular weight is 362 g/mol. The van der Waals surface area contributed by atoms with Crippen molar-refractivity contribution in [3.05, 3.63) is 78.0 Å². The van der Waals surface area contributed by atoms with Gasteiger partial charge in [-0.2, -0.15) is 15.2 Å². The molecule has 0 bridgehead atoms. The number of aromatic amines is 1. The molecule has 4 aromatic rings. The van der Waals surface area contributed by atoms with Gasteiger partial charge in [0, 0.05) is 11.8 Å². The summed E-state index contributed by atoms with van der Waals surface area (Å²) in [5, 5.41) is 13.5. The van der Waals surface area contributed by atoms with Gasteiger partial charge in [0.15, 0.2) is 0 Å². The van der Waals surface area contributed by atoms with Gasteiger partial charge in [-0.25, -0.2) is 14.2 Å². The van der Waals surface area contributed by atoms with Crippen molar-refractivity contribution in [2.45, 2.75) is 6.92 Å². The number of hydrogen-bond acceptors (Lipinski definition) is 4. The SMILES string of the molecule is Cc1cccc(-c2nn(-c3ccc(F)cc3)cc2C(=O)Nc2ncn[nH]2)c1. The van der Waals surface area contributed by atoms with E-state index >= 15 is 0 Å². The van der Waals surface area contributed by atoms with E-state index in [1.54, 1.807) is 23.0 Å². The third kappa shape index (κ3) is 3.45. The Balaban J connectivity index is 1.79. The summed E-state index contributed by atoms with van der Waals surface area (Å²) in [6.45, 7) is 1.97. The highest BCUT2D eigenvalue weighted by Crippen LogP contribution is 2.25. The van der Waals surface area contributed by atoms with Crippen LogP contribution in [-0.4, -0.2) is 30.9 Å². The number of benzene rings is 2. The van der Waals surface area contributed by atoms with Crippen molar-refractivity contribution in [1.82, 2.24) is 25.0 Å². The lowest BCUT2D eigenvalue weighted by molar-refractivity contribution is 0.102. The number of nitrogens with one attached hydrogen (secondary N) is 2. The van der Waals surface area contributed by atoms with Crippen LogP contribution in [-0.2, 0) is 0 Å². The van der Waals surface area contributed by atoms with Gasteiger partial charge in [-0.15, -0.1) is 0 Å². The molecule has 7 nitrogen and oxygen atoms in total. The molecule has 4 rings (SSSR count). The molecule has 0 aliphatic heterocycles. The molecule has 8 heteroatoms. The number of nitrogens with zero attached hydrogens (tertiary/aromatic N) is 4. The largest absolute Gasteiger partial charge is 0.291 e. The van der Waals surface area contributed by atoms with E-state index < -0.39 is 0 Å². The van der Waals surface area contributed by atoms with E-state index in [4.69, 9.17) is 0 Å². The first-order valence-corrected chi connectivity index (χ1v) is 8.19. The van der Waals surface area contributed by atoms with Crippen LogP contribution in [0.5, 0.6) is 0 Å². The minimum absolute atomic E-state index is 0.240. The van der Waals surface area contributed by atoms with Gasteiger partial charge in [0.1, 0.15) is 17.8 Å². The normalized spacial score (nSPS) is 10.7. The summed E-state index contributed by atoms with van der Waals surface area (Å²) in [4.78, 5) is 16.7. The van der Waals surface area contributed by atoms with Crippen LogP contribution in [0.2, 0.25) is 0 Å². The standard InChI is InChI=1S/C19H15FN6O/c1-12-3-2-4-13(9-12)17-16(18(27)23-19-21-11-22-24-19)10-26(25-17)15-7-5-14(20)6-8-15/h2-11H,1H3,(H2,21,22,23,24,27). The first-order chi connectivity index (χ1) is 13.1. The molecule has 2 aromatic carbocycles. The molecule has 0 aliphatic rings. The van der Waals surface area contributed by atoms with Gasteiger partial charge in [-0.1, -0.05) is 23.8 Å². The number of aryl methyl sites for hydroxylation is 1. The molecule has 0 saturated heterocycles. The van der Waals surface area contributed by atoms with Crippen LogP contribution in [0.25, 0.3) is 16.9 Å². The molecule has 2 aromatic heterocycles. The maximum absolute atomic E-state index is 13.2. The fourth-order valence-electron chi connectivity index (χ4n) is 2.71. The summed E-state index contributed by atoms with van der Waals surface area (Å²) >= 11 is 0. The van der Waals surface area contributed by atoms with Gasteiger partial charge in [0.25, 0.3) is 5.91 Å². The Morgan fingerprint density at radius 1 is 1.19 bits per heavy atom. The molecule has 134 valence electrons. The molecule has 2 heterocycles. The maximum atomic E-state index is 13.2. The lowest BCUT2D eigenvalue weighted by atomic mass is 10.1. The average Bonchev–Trinajstić information content (AvgIpc) is 3.32. The van der Waals surface area contributed by atoms with E-state index in [0.29, 0.717) is 16.9 Å². The topological polar surface area (TPSA) is 88.5 Å². The minimum Gasteiger partial charge on any atom is -0.291 e. The van der Waals surface area contributed by atoms with Crippen LogP contribution in [0.15, 0.2) is 61.1 Å². The predicted octanol–water partition coefficient (Wildman–Crippen LogP) is 3.36. The number of anilines is 1. The maximum Gasteiger partial charge on any atom is 0.261 e. The summed E-state index contributed by atoms with van der Waals surface area (Å²) in [6.07, 6.45) is 2.91. The zero-order chi connectivity index (χ0) is 18.8. The number of rotatable bonds is 4. The number of hydrogen-bond donors (Lipinski definition) is 2. The van der Waals surface area contributed by atoms with Gasteiger partial charge in [-0.05, 0) is 37.3 Å². The number of carbonyl (C=O) groups is 1. The second kappa shape index (κ2) is 6.83. The third-order valence-electron chi connectivity index (χ3n) is 3.99. The molecule has 0 unspecified atom stereocenters. The van der Waals surface area contributed by atoms with Gasteiger partial charge in [-0.3, -0.25) is 10.1 Å². The van der Waals surface area contributed by atoms with E-state index in [1.807, 2.05) is 31.2 Å². The Morgan fingerprint density at radius 3 is 2.70 bits per heavy atom. The molecule has 0 radical (unpaired) electrons. The summed E-state index contributed by atoms with van der Waals surface area (Å²) in [7, 11) is 0. The lowest BCUT2D eigenvalue weighted by Gasteiger charge is -2.03. The van der Waals surface area contributed by atoms with E-state index in [1.165, 1.54) is 18.5 Å². The third-order valence-corrected chi connectivity index (χ3v) is 3.99. The highest BCUT2D eigenvalue weighted by atomic mass is 19.1. The molecule has 0 fully saturated rings. The Labute approximate surface area is 153 Å². The van der Waals surface area contributed by atoms with Gasteiger partial charge in [0.2, 0.25) is 5.95 Å². The van der Waals surface area contributed by atoms with E-state index in [9.17, 15) is 9.18 Å². The fourth-order valence-corrected chi connectivity index (χ4v) is 2.71. The van der Waals surface area contributed by atoms with Crippen molar-refractivity contribution in [3.63, 3.8) is 0 Å². The number of halogens is 1. The molecular formula is C19H15FN6O. The van der Waals surface area contributed by atoms with Gasteiger partial charge in [0.05, 0.1) is 11.3 Å². The quantitative estimate of drug-likeness (QED) is 0.583. The van der Waals surface area contributed by atoms with Crippen molar-refractivity contribution in [3.8, 4) is 16.9 Å². The molecule has 0 spiro atoms. The first kappa shape index (κ1) is 16.6. The van der Waals surface area contributed by atoms with E-state index in [0.717, 1.165) is 11.1 Å². The summed E-state index contributed by atoms with van der Waals surface area (Å²) in [5.74, 6) is -0.477. The number of H-pyrrole nitrogens is 1. The summed E-state index contributed by atoms with van der Waals surface area (Å²) < 4.78 is 14.8. The Hall–Kier alpha value is -3.81. The number of aromatic nitrogens is 5. The minimum atomic E-state index is -0.378. The monoisotopic (exact) mass is 362 g/mol. The predicted molar refractivity (Wildman–Crippen MR) is 98.0 cm³/mol. The van der Waals surface area contributed by atoms with Crippen molar-refractivity contribution in [2.24, 2.45) is 0 Å². The van der Waals surface area contributed by atoms with Crippen LogP contribution in [0.3, 0.4) is 0 Å². The molecule has 0 aliphatic carbocycles. The lowest BCUT2D eigenvalue weighted by Crippen LogP contribution is -2.13. The number of amides is 1. The molecule has 0 atom stereocenters. The highest BCUT2D eigenvalue weighted by Gasteiger charge is 2.19. The van der Waals surface area contributed by atoms with Crippen molar-refractivity contribution in [1.29, 1.82) is 0 Å². The highest BCUT2D eigenvalue weighted by molar-refractivity contribution is 6.07. The van der Waals surface area contributed by atoms with Crippen LogP contribution < -0.4 is 5.32 Å². The van der Waals surface area contributed by atoms with Gasteiger partial charge >= 0.3 is 0 Å². The number of carbonyl (C=O) groups excluding carboxylic acids is 1. The first-order valence-electron chi connectivity index (χ1n) is 8.19. The molecule has 1 amide bonds. The molecule has 2 N–H and O–H groups in total. The van der Waals surface area contributed by atoms with Crippen LogP contribution >= 0.6 is 0 Å². The zero-order valence-electron chi connectivity index (χ0n) is 14.3. The summed E-state index contributed by atoms with van der Waals surface area (Å²) in [5.41, 5.74) is 3.37. The molecule has 0 saturated carbocycles. The Bertz CT molecular complexity index is 1090.